The Hall–Kier alpha value is -4.16. The number of aliphatic hydroxyl groups excluding tert-OH is 1. The Balaban J connectivity index is 1.15. The van der Waals surface area contributed by atoms with Gasteiger partial charge in [-0.25, -0.2) is 9.59 Å². The van der Waals surface area contributed by atoms with E-state index in [2.05, 4.69) is 26.9 Å². The number of nitrogens with one attached hydrogen (secondary N) is 3. The molecule has 2 aromatic rings. The van der Waals surface area contributed by atoms with Crippen molar-refractivity contribution in [2.45, 2.75) is 51.5 Å². The first-order valence-corrected chi connectivity index (χ1v) is 16.2. The SMILES string of the molecule is CCOc1cc(C(=O)OC)c(C2CC2)cc1CN1CCC2(CC1)CC(=O)N(c1ccc(C(=O)NCCNC(=O)NCCO)cc1)C2. The molecule has 2 aliphatic heterocycles. The van der Waals surface area contributed by atoms with E-state index in [9.17, 15) is 19.2 Å². The number of amides is 4. The van der Waals surface area contributed by atoms with E-state index in [1.807, 2.05) is 30.0 Å². The van der Waals surface area contributed by atoms with Gasteiger partial charge in [0.1, 0.15) is 5.75 Å². The van der Waals surface area contributed by atoms with Gasteiger partial charge in [0.15, 0.2) is 0 Å². The molecular formula is C34H45N5O7. The maximum Gasteiger partial charge on any atom is 0.338 e. The fourth-order valence-corrected chi connectivity index (χ4v) is 6.45. The van der Waals surface area contributed by atoms with Crippen LogP contribution in [0.15, 0.2) is 36.4 Å². The Labute approximate surface area is 269 Å². The van der Waals surface area contributed by atoms with Crippen molar-refractivity contribution in [3.63, 3.8) is 0 Å². The van der Waals surface area contributed by atoms with E-state index < -0.39 is 6.03 Å². The summed E-state index contributed by atoms with van der Waals surface area (Å²) in [6, 6.07) is 10.6. The van der Waals surface area contributed by atoms with Crippen molar-refractivity contribution in [2.75, 3.05) is 64.5 Å². The van der Waals surface area contributed by atoms with Crippen molar-refractivity contribution in [3.8, 4) is 5.75 Å². The third-order valence-electron chi connectivity index (χ3n) is 9.12. The van der Waals surface area contributed by atoms with Gasteiger partial charge >= 0.3 is 12.0 Å². The molecule has 0 bridgehead atoms. The molecule has 12 heteroatoms. The minimum atomic E-state index is -0.406. The Bertz CT molecular complexity index is 1420. The van der Waals surface area contributed by atoms with E-state index >= 15 is 0 Å². The lowest BCUT2D eigenvalue weighted by atomic mass is 9.77. The molecular weight excluding hydrogens is 590 g/mol. The van der Waals surface area contributed by atoms with Crippen LogP contribution in [0.5, 0.6) is 5.75 Å². The number of hydrogen-bond acceptors (Lipinski definition) is 8. The van der Waals surface area contributed by atoms with Gasteiger partial charge in [0, 0.05) is 56.0 Å². The van der Waals surface area contributed by atoms with Crippen LogP contribution in [0.4, 0.5) is 10.5 Å². The Morgan fingerprint density at radius 2 is 1.70 bits per heavy atom. The van der Waals surface area contributed by atoms with Crippen molar-refractivity contribution >= 4 is 29.5 Å². The molecule has 248 valence electrons. The van der Waals surface area contributed by atoms with Gasteiger partial charge in [0.05, 0.1) is 25.9 Å². The van der Waals surface area contributed by atoms with Crippen LogP contribution in [0.25, 0.3) is 0 Å². The molecule has 0 atom stereocenters. The molecule has 3 fully saturated rings. The minimum absolute atomic E-state index is 0.0865. The molecule has 1 saturated carbocycles. The average Bonchev–Trinajstić information content (AvgIpc) is 3.86. The first-order chi connectivity index (χ1) is 22.3. The molecule has 1 spiro atoms. The number of methoxy groups -OCH3 is 1. The Morgan fingerprint density at radius 1 is 1.00 bits per heavy atom. The van der Waals surface area contributed by atoms with Crippen LogP contribution >= 0.6 is 0 Å². The van der Waals surface area contributed by atoms with Crippen LogP contribution in [0, 0.1) is 5.41 Å². The molecule has 0 unspecified atom stereocenters. The molecule has 5 rings (SSSR count). The van der Waals surface area contributed by atoms with E-state index in [-0.39, 0.29) is 49.4 Å². The number of aliphatic hydroxyl groups is 1. The van der Waals surface area contributed by atoms with E-state index in [4.69, 9.17) is 14.6 Å². The number of rotatable bonds is 13. The smallest absolute Gasteiger partial charge is 0.338 e. The fraction of sp³-hybridized carbons (Fsp3) is 0.529. The summed E-state index contributed by atoms with van der Waals surface area (Å²) < 4.78 is 11.0. The number of benzene rings is 2. The zero-order chi connectivity index (χ0) is 32.7. The lowest BCUT2D eigenvalue weighted by Gasteiger charge is -2.39. The van der Waals surface area contributed by atoms with Crippen molar-refractivity contribution in [1.29, 1.82) is 0 Å². The number of piperidine rings is 1. The van der Waals surface area contributed by atoms with Crippen LogP contribution in [0.2, 0.25) is 0 Å². The van der Waals surface area contributed by atoms with Gasteiger partial charge in [-0.1, -0.05) is 0 Å². The molecule has 2 saturated heterocycles. The van der Waals surface area contributed by atoms with Crippen LogP contribution in [0.1, 0.15) is 76.8 Å². The normalized spacial score (nSPS) is 17.5. The van der Waals surface area contributed by atoms with Gasteiger partial charge in [-0.2, -0.15) is 0 Å². The number of nitrogens with zero attached hydrogens (tertiary/aromatic N) is 2. The van der Waals surface area contributed by atoms with Crippen LogP contribution in [-0.4, -0.2) is 93.4 Å². The maximum atomic E-state index is 13.2. The summed E-state index contributed by atoms with van der Waals surface area (Å²) in [5.41, 5.74) is 3.90. The van der Waals surface area contributed by atoms with Crippen LogP contribution < -0.4 is 25.6 Å². The quantitative estimate of drug-likeness (QED) is 0.194. The first-order valence-electron chi connectivity index (χ1n) is 16.2. The second-order valence-corrected chi connectivity index (χ2v) is 12.4. The number of carbonyl (C=O) groups is 4. The predicted molar refractivity (Wildman–Crippen MR) is 172 cm³/mol. The molecule has 4 N–H and O–H groups in total. The van der Waals surface area contributed by atoms with Gasteiger partial charge in [-0.15, -0.1) is 0 Å². The first kappa shape index (κ1) is 33.2. The Kier molecular flexibility index (Phi) is 10.8. The number of ether oxygens (including phenoxy) is 2. The Morgan fingerprint density at radius 3 is 2.35 bits per heavy atom. The summed E-state index contributed by atoms with van der Waals surface area (Å²) in [6.07, 6.45) is 4.47. The lowest BCUT2D eigenvalue weighted by molar-refractivity contribution is -0.118. The number of hydrogen-bond donors (Lipinski definition) is 4. The number of likely N-dealkylation sites (tertiary alicyclic amines) is 1. The molecule has 1 aliphatic carbocycles. The average molecular weight is 636 g/mol. The maximum absolute atomic E-state index is 13.2. The highest BCUT2D eigenvalue weighted by Gasteiger charge is 2.45. The highest BCUT2D eigenvalue weighted by atomic mass is 16.5. The van der Waals surface area contributed by atoms with Gasteiger partial charge in [0.2, 0.25) is 5.91 Å². The number of urea groups is 1. The van der Waals surface area contributed by atoms with Gasteiger partial charge in [0.25, 0.3) is 5.91 Å². The summed E-state index contributed by atoms with van der Waals surface area (Å²) in [6.45, 7) is 6.07. The highest BCUT2D eigenvalue weighted by Crippen LogP contribution is 2.45. The van der Waals surface area contributed by atoms with E-state index in [1.54, 1.807) is 12.1 Å². The molecule has 46 heavy (non-hydrogen) atoms. The number of esters is 1. The number of anilines is 1. The summed E-state index contributed by atoms with van der Waals surface area (Å²) in [4.78, 5) is 54.0. The standard InChI is InChI=1S/C34H45N5O7/c1-3-46-29-19-28(32(43)45-2)27(23-4-5-23)18-25(29)21-38-15-10-34(11-16-38)20-30(41)39(22-34)26-8-6-24(7-9-26)31(42)35-12-13-36-33(44)37-14-17-40/h6-9,18-19,23,40H,3-5,10-17,20-22H2,1-2H3,(H,35,42)(H2,36,37,44). The minimum Gasteiger partial charge on any atom is -0.494 e. The molecule has 0 radical (unpaired) electrons. The van der Waals surface area contributed by atoms with E-state index in [0.29, 0.717) is 36.6 Å². The molecule has 2 aromatic carbocycles. The van der Waals surface area contributed by atoms with Crippen molar-refractivity contribution in [3.05, 3.63) is 58.7 Å². The zero-order valence-corrected chi connectivity index (χ0v) is 26.7. The van der Waals surface area contributed by atoms with Crippen molar-refractivity contribution < 1.29 is 33.8 Å². The molecule has 2 heterocycles. The van der Waals surface area contributed by atoms with Crippen molar-refractivity contribution in [2.24, 2.45) is 5.41 Å². The van der Waals surface area contributed by atoms with Crippen molar-refractivity contribution in [1.82, 2.24) is 20.9 Å². The molecule has 3 aliphatic rings. The zero-order valence-electron chi connectivity index (χ0n) is 26.7. The van der Waals surface area contributed by atoms with Crippen LogP contribution in [-0.2, 0) is 16.1 Å². The van der Waals surface area contributed by atoms with E-state index in [0.717, 1.165) is 67.9 Å². The monoisotopic (exact) mass is 635 g/mol. The predicted octanol–water partition coefficient (Wildman–Crippen LogP) is 2.79. The largest absolute Gasteiger partial charge is 0.494 e. The van der Waals surface area contributed by atoms with Gasteiger partial charge in [-0.3, -0.25) is 14.5 Å². The topological polar surface area (TPSA) is 150 Å². The summed E-state index contributed by atoms with van der Waals surface area (Å²) in [5, 5.41) is 16.6. The third-order valence-corrected chi connectivity index (χ3v) is 9.12. The second kappa shape index (κ2) is 15.0. The van der Waals surface area contributed by atoms with Gasteiger partial charge < -0.3 is 35.4 Å². The molecule has 4 amide bonds. The van der Waals surface area contributed by atoms with Gasteiger partial charge in [-0.05, 0) is 99.0 Å². The van der Waals surface area contributed by atoms with E-state index in [1.165, 1.54) is 7.11 Å². The molecule has 12 nitrogen and oxygen atoms in total. The third kappa shape index (κ3) is 7.97. The van der Waals surface area contributed by atoms with Crippen LogP contribution in [0.3, 0.4) is 0 Å². The fourth-order valence-electron chi connectivity index (χ4n) is 6.45. The highest BCUT2D eigenvalue weighted by molar-refractivity contribution is 5.98. The molecule has 0 aromatic heterocycles. The summed E-state index contributed by atoms with van der Waals surface area (Å²) in [7, 11) is 1.41. The summed E-state index contributed by atoms with van der Waals surface area (Å²) in [5.74, 6) is 0.631. The second-order valence-electron chi connectivity index (χ2n) is 12.4. The number of carbonyl (C=O) groups excluding carboxylic acids is 4. The summed E-state index contributed by atoms with van der Waals surface area (Å²) >= 11 is 0. The lowest BCUT2D eigenvalue weighted by Crippen LogP contribution is -2.41.